The summed E-state index contributed by atoms with van der Waals surface area (Å²) >= 11 is 0. The van der Waals surface area contributed by atoms with E-state index in [1.807, 2.05) is 9.80 Å². The zero-order valence-electron chi connectivity index (χ0n) is 15.3. The van der Waals surface area contributed by atoms with E-state index in [2.05, 4.69) is 5.16 Å². The maximum Gasteiger partial charge on any atom is 0.269 e. The summed E-state index contributed by atoms with van der Waals surface area (Å²) in [5, 5.41) is 11.6. The number of hydrogen-bond donors (Lipinski definition) is 1. The molecule has 0 spiro atoms. The number of halogens is 4. The molecule has 1 saturated heterocycles. The summed E-state index contributed by atoms with van der Waals surface area (Å²) in [5.74, 6) is -10.6. The van der Waals surface area contributed by atoms with Gasteiger partial charge in [-0.2, -0.15) is 0 Å². The number of imide groups is 1. The minimum atomic E-state index is -2.14. The third-order valence-electron chi connectivity index (χ3n) is 5.10. The lowest BCUT2D eigenvalue weighted by Crippen LogP contribution is -2.45. The molecule has 4 rings (SSSR count). The topological polar surface area (TPSA) is 76.5 Å². The molecule has 2 aromatic rings. The maximum absolute atomic E-state index is 14.0. The molecule has 0 aromatic heterocycles. The van der Waals surface area contributed by atoms with Gasteiger partial charge in [0, 0.05) is 31.9 Å². The van der Waals surface area contributed by atoms with Gasteiger partial charge in [0.2, 0.25) is 0 Å². The highest BCUT2D eigenvalue weighted by molar-refractivity contribution is 6.34. The molecule has 2 aliphatic heterocycles. The van der Waals surface area contributed by atoms with Gasteiger partial charge >= 0.3 is 0 Å². The van der Waals surface area contributed by atoms with Gasteiger partial charge in [-0.15, -0.1) is 0 Å². The van der Waals surface area contributed by atoms with Crippen LogP contribution in [0, 0.1) is 23.3 Å². The van der Waals surface area contributed by atoms with E-state index in [1.54, 1.807) is 12.1 Å². The van der Waals surface area contributed by atoms with Crippen LogP contribution in [0.2, 0.25) is 0 Å². The molecule has 2 aromatic carbocycles. The van der Waals surface area contributed by atoms with Crippen molar-refractivity contribution in [1.29, 1.82) is 0 Å². The quantitative estimate of drug-likeness (QED) is 0.120. The number of benzene rings is 2. The maximum atomic E-state index is 14.0. The molecule has 30 heavy (non-hydrogen) atoms. The smallest absolute Gasteiger partial charge is 0.269 e. The summed E-state index contributed by atoms with van der Waals surface area (Å²) in [6.45, 7) is 2.46. The first-order chi connectivity index (χ1) is 14.3. The van der Waals surface area contributed by atoms with Crippen LogP contribution in [0.4, 0.5) is 28.9 Å². The predicted octanol–water partition coefficient (Wildman–Crippen LogP) is 2.58. The first kappa shape index (κ1) is 19.7. The van der Waals surface area contributed by atoms with Gasteiger partial charge in [0.05, 0.1) is 16.8 Å². The highest BCUT2D eigenvalue weighted by atomic mass is 19.2. The molecular weight excluding hydrogens is 408 g/mol. The van der Waals surface area contributed by atoms with Crippen molar-refractivity contribution < 1.29 is 32.4 Å². The Kier molecular flexibility index (Phi) is 4.80. The Morgan fingerprint density at radius 3 is 1.70 bits per heavy atom. The fraction of sp³-hybridized carbons (Fsp3) is 0.211. The van der Waals surface area contributed by atoms with Crippen molar-refractivity contribution in [3.8, 4) is 0 Å². The molecule has 1 N–H and O–H groups in total. The van der Waals surface area contributed by atoms with Crippen molar-refractivity contribution in [3.63, 3.8) is 0 Å². The Labute approximate surface area is 167 Å². The lowest BCUT2D eigenvalue weighted by molar-refractivity contribution is 0.0924. The first-order valence-electron chi connectivity index (χ1n) is 8.86. The van der Waals surface area contributed by atoms with Gasteiger partial charge in [0.15, 0.2) is 23.3 Å². The number of nitrogens with zero attached hydrogens (tertiary/aromatic N) is 4. The summed E-state index contributed by atoms with van der Waals surface area (Å²) < 4.78 is 55.1. The van der Waals surface area contributed by atoms with Crippen molar-refractivity contribution in [2.45, 2.75) is 0 Å². The van der Waals surface area contributed by atoms with E-state index in [0.717, 1.165) is 5.69 Å². The van der Waals surface area contributed by atoms with Crippen LogP contribution in [-0.4, -0.2) is 54.4 Å². The number of amides is 2. The molecule has 2 amide bonds. The fourth-order valence-electron chi connectivity index (χ4n) is 3.56. The molecule has 0 atom stereocenters. The second-order valence-corrected chi connectivity index (χ2v) is 6.72. The van der Waals surface area contributed by atoms with Crippen LogP contribution in [0.25, 0.3) is 0 Å². The van der Waals surface area contributed by atoms with Crippen LogP contribution < -0.4 is 9.80 Å². The Morgan fingerprint density at radius 1 is 0.767 bits per heavy atom. The Morgan fingerprint density at radius 2 is 1.23 bits per heavy atom. The molecule has 1 fully saturated rings. The summed E-state index contributed by atoms with van der Waals surface area (Å²) in [7, 11) is 0. The second kappa shape index (κ2) is 7.32. The molecule has 0 unspecified atom stereocenters. The van der Waals surface area contributed by atoms with Crippen LogP contribution in [0.15, 0.2) is 29.4 Å². The summed E-state index contributed by atoms with van der Waals surface area (Å²) in [5.41, 5.74) is -1.47. The Balaban J connectivity index is 1.60. The molecule has 0 saturated carbocycles. The van der Waals surface area contributed by atoms with Crippen molar-refractivity contribution in [2.24, 2.45) is 5.16 Å². The Hall–Kier alpha value is -3.63. The number of fused-ring (bicyclic) bond motifs is 1. The standard InChI is InChI=1S/C19H14F4N4O3/c20-14-12-13(15(21)17(23)16(14)22)19(29)27(18(12)28)11-3-1-10(2-4-11)26-7-5-25(6-8-26)9-24-30/h1-4,9,30H,5-8H2. The van der Waals surface area contributed by atoms with Crippen LogP contribution in [-0.2, 0) is 0 Å². The van der Waals surface area contributed by atoms with E-state index in [9.17, 15) is 27.2 Å². The highest BCUT2D eigenvalue weighted by Crippen LogP contribution is 2.35. The van der Waals surface area contributed by atoms with E-state index in [0.29, 0.717) is 31.1 Å². The predicted molar refractivity (Wildman–Crippen MR) is 97.9 cm³/mol. The molecule has 0 bridgehead atoms. The van der Waals surface area contributed by atoms with E-state index < -0.39 is 46.2 Å². The second-order valence-electron chi connectivity index (χ2n) is 6.72. The van der Waals surface area contributed by atoms with Gasteiger partial charge in [-0.25, -0.2) is 22.5 Å². The van der Waals surface area contributed by atoms with Crippen molar-refractivity contribution in [2.75, 3.05) is 36.0 Å². The third kappa shape index (κ3) is 2.93. The fourth-order valence-corrected chi connectivity index (χ4v) is 3.56. The van der Waals surface area contributed by atoms with E-state index in [-0.39, 0.29) is 5.69 Å². The molecule has 0 radical (unpaired) electrons. The first-order valence-corrected chi connectivity index (χ1v) is 8.86. The van der Waals surface area contributed by atoms with E-state index >= 15 is 0 Å². The van der Waals surface area contributed by atoms with Crippen LogP contribution in [0.1, 0.15) is 20.7 Å². The minimum Gasteiger partial charge on any atom is -0.410 e. The number of anilines is 2. The largest absolute Gasteiger partial charge is 0.410 e. The molecule has 2 heterocycles. The number of oxime groups is 1. The number of piperazine rings is 1. The molecule has 11 heteroatoms. The monoisotopic (exact) mass is 422 g/mol. The lowest BCUT2D eigenvalue weighted by atomic mass is 10.1. The zero-order valence-corrected chi connectivity index (χ0v) is 15.3. The molecule has 7 nitrogen and oxygen atoms in total. The average molecular weight is 422 g/mol. The number of carbonyl (C=O) groups excluding carboxylic acids is 2. The van der Waals surface area contributed by atoms with E-state index in [1.165, 1.54) is 18.5 Å². The number of carbonyl (C=O) groups is 2. The van der Waals surface area contributed by atoms with E-state index in [4.69, 9.17) is 5.21 Å². The minimum absolute atomic E-state index is 0.00983. The number of hydrogen-bond acceptors (Lipinski definition) is 5. The van der Waals surface area contributed by atoms with Crippen molar-refractivity contribution >= 4 is 29.5 Å². The van der Waals surface area contributed by atoms with Gasteiger partial charge in [-0.3, -0.25) is 9.59 Å². The molecule has 0 aliphatic carbocycles. The third-order valence-corrected chi connectivity index (χ3v) is 5.10. The van der Waals surface area contributed by atoms with Gasteiger partial charge in [-0.1, -0.05) is 5.16 Å². The number of rotatable bonds is 3. The molecule has 156 valence electrons. The van der Waals surface area contributed by atoms with Gasteiger partial charge < -0.3 is 15.0 Å². The normalized spacial score (nSPS) is 16.7. The molecular formula is C19H14F4N4O3. The average Bonchev–Trinajstić information content (AvgIpc) is 3.02. The highest BCUT2D eigenvalue weighted by Gasteiger charge is 2.44. The van der Waals surface area contributed by atoms with Crippen LogP contribution in [0.5, 0.6) is 0 Å². The van der Waals surface area contributed by atoms with Crippen molar-refractivity contribution in [1.82, 2.24) is 4.90 Å². The zero-order chi connectivity index (χ0) is 21.6. The van der Waals surface area contributed by atoms with Gasteiger partial charge in [0.1, 0.15) is 6.34 Å². The molecule has 2 aliphatic rings. The van der Waals surface area contributed by atoms with Crippen LogP contribution >= 0.6 is 0 Å². The summed E-state index contributed by atoms with van der Waals surface area (Å²) in [6.07, 6.45) is 1.33. The summed E-state index contributed by atoms with van der Waals surface area (Å²) in [6, 6.07) is 6.04. The van der Waals surface area contributed by atoms with Crippen molar-refractivity contribution in [3.05, 3.63) is 58.7 Å². The summed E-state index contributed by atoms with van der Waals surface area (Å²) in [4.78, 5) is 29.3. The van der Waals surface area contributed by atoms with Gasteiger partial charge in [-0.05, 0) is 24.3 Å². The Bertz CT molecular complexity index is 1020. The van der Waals surface area contributed by atoms with Gasteiger partial charge in [0.25, 0.3) is 11.8 Å². The SMILES string of the molecule is O=C1c2c(F)c(F)c(F)c(F)c2C(=O)N1c1ccc(N2CCN(C=NO)CC2)cc1. The van der Waals surface area contributed by atoms with Crippen LogP contribution in [0.3, 0.4) is 0 Å². The lowest BCUT2D eigenvalue weighted by Gasteiger charge is -2.34.